The summed E-state index contributed by atoms with van der Waals surface area (Å²) in [5, 5.41) is 2.05. The van der Waals surface area contributed by atoms with Gasteiger partial charge in [0.2, 0.25) is 21.8 Å². The van der Waals surface area contributed by atoms with E-state index in [4.69, 9.17) is 0 Å². The Bertz CT molecular complexity index is 1140. The van der Waals surface area contributed by atoms with Crippen molar-refractivity contribution < 1.29 is 35.6 Å². The van der Waals surface area contributed by atoms with Crippen LogP contribution in [0.15, 0.2) is 41.3 Å². The van der Waals surface area contributed by atoms with Crippen LogP contribution in [0.2, 0.25) is 0 Å². The molecule has 0 aliphatic carbocycles. The number of carbonyl (C=O) groups excluding carboxylic acids is 2. The molecule has 2 aromatic carbocycles. The molecule has 1 aliphatic rings. The maximum atomic E-state index is 13.7. The van der Waals surface area contributed by atoms with Gasteiger partial charge in [0, 0.05) is 13.6 Å². The van der Waals surface area contributed by atoms with Gasteiger partial charge in [0.25, 0.3) is 0 Å². The molecule has 32 heavy (non-hydrogen) atoms. The van der Waals surface area contributed by atoms with Crippen molar-refractivity contribution in [2.24, 2.45) is 0 Å². The number of benzene rings is 2. The molecule has 2 aromatic rings. The fourth-order valence-corrected chi connectivity index (χ4v) is 5.03. The lowest BCUT2D eigenvalue weighted by Crippen LogP contribution is -2.48. The van der Waals surface area contributed by atoms with Crippen LogP contribution in [0.25, 0.3) is 0 Å². The first-order valence-corrected chi connectivity index (χ1v) is 10.9. The van der Waals surface area contributed by atoms with E-state index < -0.39 is 63.4 Å². The van der Waals surface area contributed by atoms with Crippen LogP contribution in [-0.2, 0) is 19.6 Å². The highest BCUT2D eigenvalue weighted by molar-refractivity contribution is 7.89. The number of carbonyl (C=O) groups is 2. The molecule has 1 saturated heterocycles. The van der Waals surface area contributed by atoms with Crippen LogP contribution in [0.3, 0.4) is 0 Å². The Labute approximate surface area is 181 Å². The maximum absolute atomic E-state index is 13.7. The van der Waals surface area contributed by atoms with Gasteiger partial charge in [-0.25, -0.2) is 26.0 Å². The monoisotopic (exact) mass is 473 g/mol. The molecule has 12 heteroatoms. The van der Waals surface area contributed by atoms with Crippen LogP contribution >= 0.6 is 0 Å². The van der Waals surface area contributed by atoms with E-state index in [9.17, 15) is 35.6 Å². The molecule has 0 saturated carbocycles. The van der Waals surface area contributed by atoms with Gasteiger partial charge in [-0.15, -0.1) is 0 Å². The number of sulfonamides is 1. The molecule has 1 N–H and O–H groups in total. The molecular weight excluding hydrogens is 454 g/mol. The van der Waals surface area contributed by atoms with Gasteiger partial charge in [0.1, 0.15) is 11.9 Å². The number of nitrogens with one attached hydrogen (secondary N) is 1. The summed E-state index contributed by atoms with van der Waals surface area (Å²) >= 11 is 0. The van der Waals surface area contributed by atoms with Gasteiger partial charge < -0.3 is 10.2 Å². The summed E-state index contributed by atoms with van der Waals surface area (Å²) in [4.78, 5) is 25.8. The van der Waals surface area contributed by atoms with Crippen molar-refractivity contribution in [2.75, 3.05) is 25.5 Å². The third kappa shape index (κ3) is 4.75. The summed E-state index contributed by atoms with van der Waals surface area (Å²) in [6, 6.07) is 4.57. The topological polar surface area (TPSA) is 86.8 Å². The molecule has 0 spiro atoms. The van der Waals surface area contributed by atoms with Gasteiger partial charge in [0.15, 0.2) is 17.5 Å². The Morgan fingerprint density at radius 3 is 2.38 bits per heavy atom. The molecule has 0 radical (unpaired) electrons. The lowest BCUT2D eigenvalue weighted by Gasteiger charge is -2.27. The molecule has 3 rings (SSSR count). The molecule has 1 fully saturated rings. The molecule has 1 atom stereocenters. The van der Waals surface area contributed by atoms with Crippen molar-refractivity contribution in [1.29, 1.82) is 0 Å². The minimum atomic E-state index is -4.08. The SMILES string of the molecule is CN(CC(=O)Nc1ccc(F)c(F)c1F)C(=O)[C@@H]1CCCN1S(=O)(=O)c1ccc(F)cc1. The van der Waals surface area contributed by atoms with Crippen molar-refractivity contribution in [1.82, 2.24) is 9.21 Å². The Balaban J connectivity index is 1.70. The largest absolute Gasteiger partial charge is 0.335 e. The van der Waals surface area contributed by atoms with Gasteiger partial charge in [-0.3, -0.25) is 9.59 Å². The zero-order chi connectivity index (χ0) is 23.6. The number of hydrogen-bond donors (Lipinski definition) is 1. The van der Waals surface area contributed by atoms with Crippen LogP contribution < -0.4 is 5.32 Å². The van der Waals surface area contributed by atoms with Gasteiger partial charge in [-0.1, -0.05) is 0 Å². The van der Waals surface area contributed by atoms with Gasteiger partial charge in [-0.2, -0.15) is 4.31 Å². The van der Waals surface area contributed by atoms with E-state index >= 15 is 0 Å². The summed E-state index contributed by atoms with van der Waals surface area (Å²) in [7, 11) is -2.83. The van der Waals surface area contributed by atoms with E-state index in [1.807, 2.05) is 5.32 Å². The highest BCUT2D eigenvalue weighted by Crippen LogP contribution is 2.27. The molecule has 172 valence electrons. The number of halogens is 4. The van der Waals surface area contributed by atoms with Crippen LogP contribution in [0.4, 0.5) is 23.2 Å². The van der Waals surface area contributed by atoms with Gasteiger partial charge in [-0.05, 0) is 49.2 Å². The number of amides is 2. The van der Waals surface area contributed by atoms with Crippen molar-refractivity contribution in [3.63, 3.8) is 0 Å². The Hall–Kier alpha value is -2.99. The smallest absolute Gasteiger partial charge is 0.244 e. The average molecular weight is 473 g/mol. The highest BCUT2D eigenvalue weighted by atomic mass is 32.2. The number of likely N-dealkylation sites (N-methyl/N-ethyl adjacent to an activating group) is 1. The van der Waals surface area contributed by atoms with E-state index in [0.29, 0.717) is 12.5 Å². The summed E-state index contributed by atoms with van der Waals surface area (Å²) in [6.45, 7) is -0.519. The lowest BCUT2D eigenvalue weighted by atomic mass is 10.2. The van der Waals surface area contributed by atoms with Gasteiger partial charge in [0.05, 0.1) is 17.1 Å². The summed E-state index contributed by atoms with van der Waals surface area (Å²) in [6.07, 6.45) is 0.611. The summed E-state index contributed by atoms with van der Waals surface area (Å²) < 4.78 is 79.9. The first kappa shape index (κ1) is 23.7. The number of rotatable bonds is 6. The Kier molecular flexibility index (Phi) is 6.84. The van der Waals surface area contributed by atoms with Crippen molar-refractivity contribution in [3.05, 3.63) is 59.7 Å². The second-order valence-electron chi connectivity index (χ2n) is 7.19. The molecular formula is C20H19F4N3O4S. The normalized spacial score (nSPS) is 16.7. The third-order valence-corrected chi connectivity index (χ3v) is 6.90. The van der Waals surface area contributed by atoms with Gasteiger partial charge >= 0.3 is 0 Å². The molecule has 7 nitrogen and oxygen atoms in total. The average Bonchev–Trinajstić information content (AvgIpc) is 3.24. The zero-order valence-corrected chi connectivity index (χ0v) is 17.6. The molecule has 0 bridgehead atoms. The minimum absolute atomic E-state index is 0.0657. The van der Waals surface area contributed by atoms with E-state index in [1.165, 1.54) is 7.05 Å². The Morgan fingerprint density at radius 1 is 1.06 bits per heavy atom. The van der Waals surface area contributed by atoms with Crippen molar-refractivity contribution in [2.45, 2.75) is 23.8 Å². The van der Waals surface area contributed by atoms with E-state index in [1.54, 1.807) is 0 Å². The van der Waals surface area contributed by atoms with Crippen molar-refractivity contribution in [3.8, 4) is 0 Å². The number of nitrogens with zero attached hydrogens (tertiary/aromatic N) is 2. The molecule has 0 unspecified atom stereocenters. The first-order chi connectivity index (χ1) is 15.0. The predicted molar refractivity (Wildman–Crippen MR) is 106 cm³/mol. The van der Waals surface area contributed by atoms with E-state index in [2.05, 4.69) is 0 Å². The maximum Gasteiger partial charge on any atom is 0.244 e. The summed E-state index contributed by atoms with van der Waals surface area (Å²) in [5.74, 6) is -6.93. The standard InChI is InChI=1S/C20H19F4N3O4S/c1-26(11-17(28)25-15-9-8-14(22)18(23)19(15)24)20(29)16-3-2-10-27(16)32(30,31)13-6-4-12(21)5-7-13/h4-9,16H,2-3,10-11H2,1H3,(H,25,28)/t16-/m0/s1. The van der Waals surface area contributed by atoms with E-state index in [-0.39, 0.29) is 17.9 Å². The molecule has 2 amide bonds. The Morgan fingerprint density at radius 2 is 1.72 bits per heavy atom. The lowest BCUT2D eigenvalue weighted by molar-refractivity contribution is -0.136. The molecule has 1 aliphatic heterocycles. The van der Waals surface area contributed by atoms with Crippen LogP contribution in [-0.4, -0.2) is 55.6 Å². The quantitative estimate of drug-likeness (QED) is 0.516. The fraction of sp³-hybridized carbons (Fsp3) is 0.300. The zero-order valence-electron chi connectivity index (χ0n) is 16.8. The second-order valence-corrected chi connectivity index (χ2v) is 9.08. The van der Waals surface area contributed by atoms with Crippen LogP contribution in [0, 0.1) is 23.3 Å². The third-order valence-electron chi connectivity index (χ3n) is 4.98. The highest BCUT2D eigenvalue weighted by Gasteiger charge is 2.40. The predicted octanol–water partition coefficient (Wildman–Crippen LogP) is 2.49. The van der Waals surface area contributed by atoms with E-state index in [0.717, 1.165) is 39.5 Å². The fourth-order valence-electron chi connectivity index (χ4n) is 3.38. The first-order valence-electron chi connectivity index (χ1n) is 9.48. The molecule has 1 heterocycles. The van der Waals surface area contributed by atoms with Crippen molar-refractivity contribution >= 4 is 27.5 Å². The second kappa shape index (κ2) is 9.25. The molecule has 0 aromatic heterocycles. The number of anilines is 1. The number of hydrogen-bond acceptors (Lipinski definition) is 4. The summed E-state index contributed by atoms with van der Waals surface area (Å²) in [5.41, 5.74) is -0.601. The van der Waals surface area contributed by atoms with Crippen LogP contribution in [0.5, 0.6) is 0 Å². The minimum Gasteiger partial charge on any atom is -0.335 e. The van der Waals surface area contributed by atoms with Crippen LogP contribution in [0.1, 0.15) is 12.8 Å².